The Labute approximate surface area is 82.7 Å². The van der Waals surface area contributed by atoms with Crippen LogP contribution in [0.15, 0.2) is 18.2 Å². The second-order valence-electron chi connectivity index (χ2n) is 3.29. The Morgan fingerprint density at radius 1 is 1.36 bits per heavy atom. The summed E-state index contributed by atoms with van der Waals surface area (Å²) in [7, 11) is 1.60. The molecular formula is C10H13N3O. The van der Waals surface area contributed by atoms with Crippen molar-refractivity contribution in [2.75, 3.05) is 12.4 Å². The number of hydrogen-bond donors (Lipinski definition) is 3. The lowest BCUT2D eigenvalue weighted by molar-refractivity contribution is 0.254. The minimum Gasteiger partial charge on any atom is -0.341 e. The lowest BCUT2D eigenvalue weighted by Crippen LogP contribution is -2.24. The van der Waals surface area contributed by atoms with Crippen LogP contribution in [0, 0.1) is 0 Å². The second-order valence-corrected chi connectivity index (χ2v) is 3.29. The Bertz CT molecular complexity index is 362. The molecule has 74 valence electrons. The molecule has 2 rings (SSSR count). The maximum atomic E-state index is 11.0. The van der Waals surface area contributed by atoms with Crippen LogP contribution in [-0.2, 0) is 13.1 Å². The van der Waals surface area contributed by atoms with E-state index in [-0.39, 0.29) is 6.03 Å². The van der Waals surface area contributed by atoms with Gasteiger partial charge in [-0.25, -0.2) is 4.79 Å². The number of urea groups is 1. The first kappa shape index (κ1) is 9.02. The minimum atomic E-state index is -0.184. The molecule has 0 aromatic heterocycles. The van der Waals surface area contributed by atoms with Gasteiger partial charge in [-0.1, -0.05) is 6.07 Å². The number of benzene rings is 1. The lowest BCUT2D eigenvalue weighted by atomic mass is 10.1. The van der Waals surface area contributed by atoms with Crippen LogP contribution in [0.4, 0.5) is 10.5 Å². The Morgan fingerprint density at radius 2 is 2.14 bits per heavy atom. The number of rotatable bonds is 1. The van der Waals surface area contributed by atoms with Gasteiger partial charge in [0.1, 0.15) is 0 Å². The normalized spacial score (nSPS) is 13.5. The third kappa shape index (κ3) is 1.70. The van der Waals surface area contributed by atoms with Crippen LogP contribution in [0.3, 0.4) is 0 Å². The number of hydrogen-bond acceptors (Lipinski definition) is 2. The van der Waals surface area contributed by atoms with E-state index in [2.05, 4.69) is 16.0 Å². The zero-order valence-corrected chi connectivity index (χ0v) is 8.05. The van der Waals surface area contributed by atoms with Crippen LogP contribution >= 0.6 is 0 Å². The highest BCUT2D eigenvalue weighted by molar-refractivity contribution is 5.89. The molecule has 1 heterocycles. The fourth-order valence-electron chi connectivity index (χ4n) is 1.57. The molecule has 0 aliphatic carbocycles. The summed E-state index contributed by atoms with van der Waals surface area (Å²) < 4.78 is 0. The van der Waals surface area contributed by atoms with Crippen molar-refractivity contribution >= 4 is 11.7 Å². The number of anilines is 1. The predicted molar refractivity (Wildman–Crippen MR) is 55.1 cm³/mol. The highest BCUT2D eigenvalue weighted by Gasteiger charge is 2.10. The molecule has 0 fully saturated rings. The molecule has 0 unspecified atom stereocenters. The maximum absolute atomic E-state index is 11.0. The maximum Gasteiger partial charge on any atom is 0.318 e. The largest absolute Gasteiger partial charge is 0.341 e. The number of amides is 2. The SMILES string of the molecule is CNC(=O)Nc1ccc2c(c1)CNC2. The smallest absolute Gasteiger partial charge is 0.318 e. The molecule has 2 amide bonds. The molecule has 14 heavy (non-hydrogen) atoms. The highest BCUT2D eigenvalue weighted by Crippen LogP contribution is 2.19. The molecule has 0 saturated heterocycles. The summed E-state index contributed by atoms with van der Waals surface area (Å²) in [6.45, 7) is 1.81. The zero-order chi connectivity index (χ0) is 9.97. The Balaban J connectivity index is 2.16. The molecule has 4 nitrogen and oxygen atoms in total. The molecule has 0 atom stereocenters. The summed E-state index contributed by atoms with van der Waals surface area (Å²) in [6, 6.07) is 5.78. The van der Waals surface area contributed by atoms with Crippen molar-refractivity contribution in [2.45, 2.75) is 13.1 Å². The molecular weight excluding hydrogens is 178 g/mol. The first-order chi connectivity index (χ1) is 6.79. The van der Waals surface area contributed by atoms with Gasteiger partial charge in [0.05, 0.1) is 0 Å². The van der Waals surface area contributed by atoms with Crippen LogP contribution in [-0.4, -0.2) is 13.1 Å². The molecule has 1 aliphatic heterocycles. The average molecular weight is 191 g/mol. The minimum absolute atomic E-state index is 0.184. The van der Waals surface area contributed by atoms with Gasteiger partial charge in [-0.3, -0.25) is 0 Å². The number of nitrogens with one attached hydrogen (secondary N) is 3. The topological polar surface area (TPSA) is 53.2 Å². The Hall–Kier alpha value is -1.55. The van der Waals surface area contributed by atoms with Crippen molar-refractivity contribution in [1.82, 2.24) is 10.6 Å². The van der Waals surface area contributed by atoms with Gasteiger partial charge >= 0.3 is 6.03 Å². The van der Waals surface area contributed by atoms with Gasteiger partial charge in [-0.2, -0.15) is 0 Å². The summed E-state index contributed by atoms with van der Waals surface area (Å²) >= 11 is 0. The van der Waals surface area contributed by atoms with E-state index in [1.165, 1.54) is 11.1 Å². The third-order valence-corrected chi connectivity index (χ3v) is 2.32. The van der Waals surface area contributed by atoms with Crippen molar-refractivity contribution in [3.05, 3.63) is 29.3 Å². The molecule has 1 aromatic carbocycles. The first-order valence-electron chi connectivity index (χ1n) is 4.61. The molecule has 1 aliphatic rings. The molecule has 0 spiro atoms. The third-order valence-electron chi connectivity index (χ3n) is 2.32. The van der Waals surface area contributed by atoms with Gasteiger partial charge in [0.25, 0.3) is 0 Å². The van der Waals surface area contributed by atoms with Crippen molar-refractivity contribution < 1.29 is 4.79 Å². The predicted octanol–water partition coefficient (Wildman–Crippen LogP) is 1.04. The van der Waals surface area contributed by atoms with Gasteiger partial charge < -0.3 is 16.0 Å². The van der Waals surface area contributed by atoms with Crippen LogP contribution in [0.1, 0.15) is 11.1 Å². The van der Waals surface area contributed by atoms with E-state index in [9.17, 15) is 4.79 Å². The number of carbonyl (C=O) groups excluding carboxylic acids is 1. The average Bonchev–Trinajstić information content (AvgIpc) is 2.64. The zero-order valence-electron chi connectivity index (χ0n) is 8.05. The van der Waals surface area contributed by atoms with Crippen LogP contribution in [0.25, 0.3) is 0 Å². The van der Waals surface area contributed by atoms with Crippen molar-refractivity contribution in [2.24, 2.45) is 0 Å². The Morgan fingerprint density at radius 3 is 2.93 bits per heavy atom. The van der Waals surface area contributed by atoms with Crippen molar-refractivity contribution in [3.63, 3.8) is 0 Å². The first-order valence-corrected chi connectivity index (χ1v) is 4.61. The Kier molecular flexibility index (Phi) is 2.37. The molecule has 0 bridgehead atoms. The summed E-state index contributed by atoms with van der Waals surface area (Å²) in [5.41, 5.74) is 3.41. The number of carbonyl (C=O) groups is 1. The van der Waals surface area contributed by atoms with Crippen LogP contribution < -0.4 is 16.0 Å². The fourth-order valence-corrected chi connectivity index (χ4v) is 1.57. The van der Waals surface area contributed by atoms with E-state index in [0.717, 1.165) is 18.8 Å². The second kappa shape index (κ2) is 3.67. The van der Waals surface area contributed by atoms with Crippen LogP contribution in [0.2, 0.25) is 0 Å². The summed E-state index contributed by atoms with van der Waals surface area (Å²) in [5.74, 6) is 0. The molecule has 4 heteroatoms. The van der Waals surface area contributed by atoms with Crippen LogP contribution in [0.5, 0.6) is 0 Å². The van der Waals surface area contributed by atoms with E-state index in [0.29, 0.717) is 0 Å². The van der Waals surface area contributed by atoms with Gasteiger partial charge in [0, 0.05) is 25.8 Å². The molecule has 0 saturated carbocycles. The van der Waals surface area contributed by atoms with E-state index < -0.39 is 0 Å². The van der Waals surface area contributed by atoms with E-state index in [1.54, 1.807) is 7.05 Å². The summed E-state index contributed by atoms with van der Waals surface area (Å²) in [6.07, 6.45) is 0. The summed E-state index contributed by atoms with van der Waals surface area (Å²) in [4.78, 5) is 11.0. The van der Waals surface area contributed by atoms with Gasteiger partial charge in [0.15, 0.2) is 0 Å². The van der Waals surface area contributed by atoms with Crippen molar-refractivity contribution in [3.8, 4) is 0 Å². The van der Waals surface area contributed by atoms with E-state index >= 15 is 0 Å². The van der Waals surface area contributed by atoms with E-state index in [4.69, 9.17) is 0 Å². The van der Waals surface area contributed by atoms with Gasteiger partial charge in [-0.15, -0.1) is 0 Å². The fraction of sp³-hybridized carbons (Fsp3) is 0.300. The standard InChI is InChI=1S/C10H13N3O/c1-11-10(14)13-9-3-2-7-5-12-6-8(7)4-9/h2-4,12H,5-6H2,1H3,(H2,11,13,14). The van der Waals surface area contributed by atoms with Crippen molar-refractivity contribution in [1.29, 1.82) is 0 Å². The molecule has 0 radical (unpaired) electrons. The lowest BCUT2D eigenvalue weighted by Gasteiger charge is -2.05. The van der Waals surface area contributed by atoms with Gasteiger partial charge in [-0.05, 0) is 23.3 Å². The summed E-state index contributed by atoms with van der Waals surface area (Å²) in [5, 5.41) is 8.51. The van der Waals surface area contributed by atoms with Gasteiger partial charge in [0.2, 0.25) is 0 Å². The monoisotopic (exact) mass is 191 g/mol. The number of fused-ring (bicyclic) bond motifs is 1. The van der Waals surface area contributed by atoms with E-state index in [1.807, 2.05) is 18.2 Å². The molecule has 3 N–H and O–H groups in total. The molecule has 1 aromatic rings. The quantitative estimate of drug-likeness (QED) is 0.621. The highest BCUT2D eigenvalue weighted by atomic mass is 16.2.